The first-order chi connectivity index (χ1) is 9.55. The molecule has 2 aliphatic carbocycles. The fourth-order valence-electron chi connectivity index (χ4n) is 4.37. The van der Waals surface area contributed by atoms with Crippen LogP contribution in [0.5, 0.6) is 0 Å². The molecule has 20 heavy (non-hydrogen) atoms. The third-order valence-corrected chi connectivity index (χ3v) is 5.89. The van der Waals surface area contributed by atoms with Gasteiger partial charge in [0.2, 0.25) is 0 Å². The standard InChI is InChI=1S/C19H37N/c1-19(2,3)17-11-6-12-18(14-13-17)20-15-7-10-16-8-4-5-9-16/h16-18,20H,4-15H2,1-3H3. The molecule has 0 bridgehead atoms. The molecule has 0 radical (unpaired) electrons. The SMILES string of the molecule is CC(C)(C)C1CCCC(NCCCC2CCCC2)CC1. The second-order valence-electron chi connectivity index (χ2n) is 8.51. The fraction of sp³-hybridized carbons (Fsp3) is 1.00. The van der Waals surface area contributed by atoms with E-state index in [9.17, 15) is 0 Å². The van der Waals surface area contributed by atoms with Crippen LogP contribution in [0.3, 0.4) is 0 Å². The molecule has 1 nitrogen and oxygen atoms in total. The van der Waals surface area contributed by atoms with Crippen LogP contribution in [-0.4, -0.2) is 12.6 Å². The quantitative estimate of drug-likeness (QED) is 0.514. The van der Waals surface area contributed by atoms with Crippen LogP contribution in [0.25, 0.3) is 0 Å². The van der Waals surface area contributed by atoms with Crippen molar-refractivity contribution >= 4 is 0 Å². The maximum Gasteiger partial charge on any atom is 0.00671 e. The lowest BCUT2D eigenvalue weighted by atomic mass is 9.76. The molecule has 0 heterocycles. The molecule has 0 aromatic heterocycles. The van der Waals surface area contributed by atoms with Gasteiger partial charge in [-0.3, -0.25) is 0 Å². The van der Waals surface area contributed by atoms with Crippen LogP contribution < -0.4 is 5.32 Å². The molecule has 118 valence electrons. The summed E-state index contributed by atoms with van der Waals surface area (Å²) in [5, 5.41) is 3.86. The van der Waals surface area contributed by atoms with Gasteiger partial charge in [-0.15, -0.1) is 0 Å². The largest absolute Gasteiger partial charge is 0.314 e. The van der Waals surface area contributed by atoms with Gasteiger partial charge in [-0.05, 0) is 62.3 Å². The molecule has 2 atom stereocenters. The predicted molar refractivity (Wildman–Crippen MR) is 89.0 cm³/mol. The highest BCUT2D eigenvalue weighted by Crippen LogP contribution is 2.36. The molecule has 2 unspecified atom stereocenters. The molecule has 0 aliphatic heterocycles. The summed E-state index contributed by atoms with van der Waals surface area (Å²) in [7, 11) is 0. The minimum Gasteiger partial charge on any atom is -0.314 e. The molecule has 0 aromatic rings. The van der Waals surface area contributed by atoms with Gasteiger partial charge < -0.3 is 5.32 Å². The number of rotatable bonds is 5. The van der Waals surface area contributed by atoms with E-state index in [4.69, 9.17) is 0 Å². The van der Waals surface area contributed by atoms with Crippen LogP contribution in [0.2, 0.25) is 0 Å². The second-order valence-corrected chi connectivity index (χ2v) is 8.51. The van der Waals surface area contributed by atoms with Crippen molar-refractivity contribution in [2.45, 2.75) is 97.4 Å². The van der Waals surface area contributed by atoms with Crippen LogP contribution in [0, 0.1) is 17.3 Å². The maximum absolute atomic E-state index is 3.86. The van der Waals surface area contributed by atoms with Crippen molar-refractivity contribution < 1.29 is 0 Å². The van der Waals surface area contributed by atoms with E-state index in [2.05, 4.69) is 26.1 Å². The van der Waals surface area contributed by atoms with Crippen molar-refractivity contribution in [3.63, 3.8) is 0 Å². The maximum atomic E-state index is 3.86. The summed E-state index contributed by atoms with van der Waals surface area (Å²) in [6, 6.07) is 0.811. The van der Waals surface area contributed by atoms with Gasteiger partial charge in [0.25, 0.3) is 0 Å². The molecule has 0 amide bonds. The molecule has 0 aromatic carbocycles. The third kappa shape index (κ3) is 5.39. The Kier molecular flexibility index (Phi) is 6.39. The van der Waals surface area contributed by atoms with E-state index in [0.717, 1.165) is 17.9 Å². The Labute approximate surface area is 127 Å². The molecule has 2 saturated carbocycles. The lowest BCUT2D eigenvalue weighted by Crippen LogP contribution is -2.30. The molecule has 0 spiro atoms. The number of hydrogen-bond donors (Lipinski definition) is 1. The third-order valence-electron chi connectivity index (χ3n) is 5.89. The highest BCUT2D eigenvalue weighted by molar-refractivity contribution is 4.81. The zero-order valence-electron chi connectivity index (χ0n) is 14.2. The van der Waals surface area contributed by atoms with Crippen LogP contribution in [-0.2, 0) is 0 Å². The molecule has 1 N–H and O–H groups in total. The summed E-state index contributed by atoms with van der Waals surface area (Å²) in [5.41, 5.74) is 0.511. The van der Waals surface area contributed by atoms with Gasteiger partial charge in [0.15, 0.2) is 0 Å². The smallest absolute Gasteiger partial charge is 0.00671 e. The van der Waals surface area contributed by atoms with E-state index in [-0.39, 0.29) is 0 Å². The Bertz CT molecular complexity index is 259. The second kappa shape index (κ2) is 7.82. The van der Waals surface area contributed by atoms with Crippen LogP contribution in [0.1, 0.15) is 91.4 Å². The minimum absolute atomic E-state index is 0.511. The first kappa shape index (κ1) is 16.3. The van der Waals surface area contributed by atoms with Crippen molar-refractivity contribution in [1.82, 2.24) is 5.32 Å². The Morgan fingerprint density at radius 1 is 0.850 bits per heavy atom. The fourth-order valence-corrected chi connectivity index (χ4v) is 4.37. The Hall–Kier alpha value is -0.0400. The van der Waals surface area contributed by atoms with E-state index < -0.39 is 0 Å². The normalized spacial score (nSPS) is 29.6. The van der Waals surface area contributed by atoms with Gasteiger partial charge in [-0.2, -0.15) is 0 Å². The lowest BCUT2D eigenvalue weighted by Gasteiger charge is -2.29. The van der Waals surface area contributed by atoms with E-state index in [1.807, 2.05) is 0 Å². The zero-order valence-corrected chi connectivity index (χ0v) is 14.2. The molecule has 2 fully saturated rings. The Morgan fingerprint density at radius 3 is 2.30 bits per heavy atom. The van der Waals surface area contributed by atoms with Crippen LogP contribution in [0.4, 0.5) is 0 Å². The zero-order chi connectivity index (χ0) is 14.4. The van der Waals surface area contributed by atoms with Crippen LogP contribution in [0.15, 0.2) is 0 Å². The van der Waals surface area contributed by atoms with Gasteiger partial charge in [-0.25, -0.2) is 0 Å². The van der Waals surface area contributed by atoms with E-state index in [1.165, 1.54) is 77.2 Å². The van der Waals surface area contributed by atoms with E-state index in [0.29, 0.717) is 5.41 Å². The average Bonchev–Trinajstić information content (AvgIpc) is 2.77. The molecule has 0 saturated heterocycles. The van der Waals surface area contributed by atoms with Crippen molar-refractivity contribution in [3.05, 3.63) is 0 Å². The number of nitrogens with one attached hydrogen (secondary N) is 1. The highest BCUT2D eigenvalue weighted by Gasteiger charge is 2.27. The highest BCUT2D eigenvalue weighted by atomic mass is 14.9. The van der Waals surface area contributed by atoms with E-state index >= 15 is 0 Å². The van der Waals surface area contributed by atoms with Gasteiger partial charge in [0, 0.05) is 6.04 Å². The van der Waals surface area contributed by atoms with Gasteiger partial charge in [-0.1, -0.05) is 52.9 Å². The minimum atomic E-state index is 0.511. The first-order valence-electron chi connectivity index (χ1n) is 9.29. The van der Waals surface area contributed by atoms with Gasteiger partial charge in [0.1, 0.15) is 0 Å². The molecular weight excluding hydrogens is 242 g/mol. The topological polar surface area (TPSA) is 12.0 Å². The first-order valence-corrected chi connectivity index (χ1v) is 9.29. The Balaban J connectivity index is 1.59. The molecular formula is C19H37N. The van der Waals surface area contributed by atoms with Crippen molar-refractivity contribution in [3.8, 4) is 0 Å². The lowest BCUT2D eigenvalue weighted by molar-refractivity contribution is 0.213. The summed E-state index contributed by atoms with van der Waals surface area (Å²) in [6.45, 7) is 8.54. The summed E-state index contributed by atoms with van der Waals surface area (Å²) in [5.74, 6) is 2.00. The van der Waals surface area contributed by atoms with Gasteiger partial charge in [0.05, 0.1) is 0 Å². The Morgan fingerprint density at radius 2 is 1.60 bits per heavy atom. The summed E-state index contributed by atoms with van der Waals surface area (Å²) in [4.78, 5) is 0. The molecule has 2 rings (SSSR count). The van der Waals surface area contributed by atoms with Crippen molar-refractivity contribution in [1.29, 1.82) is 0 Å². The predicted octanol–water partition coefficient (Wildman–Crippen LogP) is 5.54. The molecule has 2 aliphatic rings. The average molecular weight is 280 g/mol. The van der Waals surface area contributed by atoms with Gasteiger partial charge >= 0.3 is 0 Å². The van der Waals surface area contributed by atoms with Crippen molar-refractivity contribution in [2.24, 2.45) is 17.3 Å². The van der Waals surface area contributed by atoms with Crippen molar-refractivity contribution in [2.75, 3.05) is 6.54 Å². The summed E-state index contributed by atoms with van der Waals surface area (Å²) >= 11 is 0. The van der Waals surface area contributed by atoms with E-state index in [1.54, 1.807) is 0 Å². The summed E-state index contributed by atoms with van der Waals surface area (Å²) < 4.78 is 0. The molecule has 1 heteroatoms. The summed E-state index contributed by atoms with van der Waals surface area (Å²) in [6.07, 6.45) is 16.0. The number of hydrogen-bond acceptors (Lipinski definition) is 1. The van der Waals surface area contributed by atoms with Crippen LogP contribution >= 0.6 is 0 Å². The monoisotopic (exact) mass is 279 g/mol.